The molecule has 0 saturated heterocycles. The molecule has 0 heterocycles. The molecule has 0 fully saturated rings. The Morgan fingerprint density at radius 3 is 2.64 bits per heavy atom. The quantitative estimate of drug-likeness (QED) is 0.383. The summed E-state index contributed by atoms with van der Waals surface area (Å²) in [6.07, 6.45) is 2.14. The van der Waals surface area contributed by atoms with Gasteiger partial charge in [0.15, 0.2) is 0 Å². The Balaban J connectivity index is -0.000000405. The maximum atomic E-state index is 10.2. The molecule has 0 radical (unpaired) electrons. The topological polar surface area (TPSA) is 49.3 Å². The van der Waals surface area contributed by atoms with Crippen molar-refractivity contribution in [2.75, 3.05) is 6.54 Å². The summed E-state index contributed by atoms with van der Waals surface area (Å²) < 4.78 is 0. The van der Waals surface area contributed by atoms with E-state index in [0.717, 1.165) is 19.4 Å². The monoisotopic (exact) mass is 185 g/mol. The number of carbonyl (C=O) groups is 1. The fourth-order valence-corrected chi connectivity index (χ4v) is 0.583. The molecule has 0 aliphatic rings. The summed E-state index contributed by atoms with van der Waals surface area (Å²) in [6.45, 7) is 4.52. The van der Waals surface area contributed by atoms with Gasteiger partial charge in [-0.25, -0.2) is 0 Å². The van der Waals surface area contributed by atoms with Crippen LogP contribution in [0.1, 0.15) is 28.1 Å². The zero-order valence-electron chi connectivity index (χ0n) is 8.55. The summed E-state index contributed by atoms with van der Waals surface area (Å²) in [6, 6.07) is -0.411. The van der Waals surface area contributed by atoms with Crippen molar-refractivity contribution in [2.45, 2.75) is 32.7 Å². The summed E-state index contributed by atoms with van der Waals surface area (Å²) in [4.78, 5) is 10.2. The van der Waals surface area contributed by atoms with Crippen molar-refractivity contribution >= 4 is 5.97 Å². The number of hydrogen-bond acceptors (Lipinski definition) is 2. The van der Waals surface area contributed by atoms with Crippen LogP contribution in [0.3, 0.4) is 0 Å². The van der Waals surface area contributed by atoms with E-state index in [-0.39, 0.29) is 52.8 Å². The first-order valence-corrected chi connectivity index (χ1v) is 3.64. The number of nitrogens with one attached hydrogen (secondary N) is 1. The van der Waals surface area contributed by atoms with Crippen molar-refractivity contribution in [1.29, 1.82) is 0 Å². The molecule has 3 nitrogen and oxygen atoms in total. The first-order valence-electron chi connectivity index (χ1n) is 3.64. The van der Waals surface area contributed by atoms with Gasteiger partial charge >= 0.3 is 57.4 Å². The molecule has 0 aromatic carbocycles. The second-order valence-corrected chi connectivity index (χ2v) is 2.37. The summed E-state index contributed by atoms with van der Waals surface area (Å²) >= 11 is 0. The van der Waals surface area contributed by atoms with E-state index in [0.29, 0.717) is 0 Å². The molecule has 0 rings (SSSR count). The van der Waals surface area contributed by atoms with Crippen LogP contribution >= 0.6 is 0 Å². The van der Waals surface area contributed by atoms with Crippen LogP contribution in [-0.2, 0) is 4.79 Å². The molecule has 11 heavy (non-hydrogen) atoms. The summed E-state index contributed by atoms with van der Waals surface area (Å²) in [7, 11) is 0. The number of rotatable bonds is 5. The Kier molecular flexibility index (Phi) is 12.1. The first-order chi connectivity index (χ1) is 4.68. The predicted octanol–water partition coefficient (Wildman–Crippen LogP) is -2.03. The maximum absolute atomic E-state index is 10.2. The smallest absolute Gasteiger partial charge is 1.00 e. The van der Waals surface area contributed by atoms with Crippen LogP contribution in [0.25, 0.3) is 0 Å². The molecule has 0 bridgehead atoms. The predicted molar refractivity (Wildman–Crippen MR) is 41.1 cm³/mol. The van der Waals surface area contributed by atoms with Gasteiger partial charge in [0.2, 0.25) is 0 Å². The molecule has 0 amide bonds. The molecule has 0 aromatic heterocycles. The molecule has 0 aromatic rings. The summed E-state index contributed by atoms with van der Waals surface area (Å²) in [5.41, 5.74) is 0. The van der Waals surface area contributed by atoms with Crippen molar-refractivity contribution in [1.82, 2.24) is 5.32 Å². The van der Waals surface area contributed by atoms with Gasteiger partial charge in [0, 0.05) is 0 Å². The molecule has 1 atom stereocenters. The molecular weight excluding hydrogens is 169 g/mol. The van der Waals surface area contributed by atoms with E-state index < -0.39 is 12.0 Å². The van der Waals surface area contributed by atoms with Crippen LogP contribution in [0.5, 0.6) is 0 Å². The van der Waals surface area contributed by atoms with E-state index in [9.17, 15) is 4.79 Å². The van der Waals surface area contributed by atoms with E-state index in [1.807, 2.05) is 0 Å². The Morgan fingerprint density at radius 2 is 2.27 bits per heavy atom. The second kappa shape index (κ2) is 9.16. The van der Waals surface area contributed by atoms with Gasteiger partial charge in [-0.3, -0.25) is 4.79 Å². The fraction of sp³-hybridized carbons (Fsp3) is 0.857. The summed E-state index contributed by atoms with van der Waals surface area (Å²) in [5, 5.41) is 11.3. The molecule has 0 aliphatic heterocycles. The van der Waals surface area contributed by atoms with E-state index in [1.165, 1.54) is 0 Å². The third-order valence-corrected chi connectivity index (χ3v) is 1.35. The van der Waals surface area contributed by atoms with Gasteiger partial charge in [0.1, 0.15) is 6.04 Å². The Morgan fingerprint density at radius 1 is 1.73 bits per heavy atom. The van der Waals surface area contributed by atoms with Gasteiger partial charge in [-0.1, -0.05) is 13.3 Å². The number of carboxylic acid groups (broad SMARTS) is 1. The van der Waals surface area contributed by atoms with Crippen LogP contribution in [0, 0.1) is 0 Å². The van der Waals surface area contributed by atoms with E-state index in [2.05, 4.69) is 12.2 Å². The van der Waals surface area contributed by atoms with E-state index in [4.69, 9.17) is 5.11 Å². The summed E-state index contributed by atoms with van der Waals surface area (Å²) in [5.74, 6) is -0.781. The molecule has 0 unspecified atom stereocenters. The van der Waals surface area contributed by atoms with Gasteiger partial charge < -0.3 is 11.8 Å². The average molecular weight is 185 g/mol. The third kappa shape index (κ3) is 8.98. The van der Waals surface area contributed by atoms with Crippen molar-refractivity contribution in [3.05, 3.63) is 0 Å². The molecule has 2 N–H and O–H groups in total. The van der Waals surface area contributed by atoms with Gasteiger partial charge in [0.25, 0.3) is 0 Å². The molecule has 0 spiro atoms. The largest absolute Gasteiger partial charge is 1.00 e. The van der Waals surface area contributed by atoms with Crippen LogP contribution < -0.4 is 56.7 Å². The SMILES string of the molecule is CCCCN[C@@H](C)C(=O)O.[H-].[K+]. The molecule has 62 valence electrons. The van der Waals surface area contributed by atoms with Crippen LogP contribution in [0.2, 0.25) is 0 Å². The number of hydrogen-bond donors (Lipinski definition) is 2. The minimum absolute atomic E-state index is 0. The second-order valence-electron chi connectivity index (χ2n) is 2.37. The van der Waals surface area contributed by atoms with Gasteiger partial charge in [-0.05, 0) is 19.9 Å². The fourth-order valence-electron chi connectivity index (χ4n) is 0.583. The zero-order valence-corrected chi connectivity index (χ0v) is 10.7. The van der Waals surface area contributed by atoms with Crippen molar-refractivity contribution in [2.24, 2.45) is 0 Å². The normalized spacial score (nSPS) is 11.8. The van der Waals surface area contributed by atoms with Crippen LogP contribution in [-0.4, -0.2) is 23.7 Å². The number of aliphatic carboxylic acids is 1. The van der Waals surface area contributed by atoms with Crippen molar-refractivity contribution < 1.29 is 62.7 Å². The number of unbranched alkanes of at least 4 members (excludes halogenated alkanes) is 1. The van der Waals surface area contributed by atoms with E-state index in [1.54, 1.807) is 6.92 Å². The van der Waals surface area contributed by atoms with Crippen molar-refractivity contribution in [3.63, 3.8) is 0 Å². The first kappa shape index (κ1) is 14.6. The molecular formula is C7H16KNO2. The maximum Gasteiger partial charge on any atom is 1.00 e. The van der Waals surface area contributed by atoms with Gasteiger partial charge in [0.05, 0.1) is 0 Å². The molecule has 0 saturated carbocycles. The zero-order chi connectivity index (χ0) is 7.98. The Bertz CT molecular complexity index is 114. The minimum atomic E-state index is -0.781. The number of carboxylic acids is 1. The average Bonchev–Trinajstić information content (AvgIpc) is 1.88. The third-order valence-electron chi connectivity index (χ3n) is 1.35. The van der Waals surface area contributed by atoms with Crippen LogP contribution in [0.15, 0.2) is 0 Å². The van der Waals surface area contributed by atoms with Gasteiger partial charge in [-0.15, -0.1) is 0 Å². The van der Waals surface area contributed by atoms with Crippen molar-refractivity contribution in [3.8, 4) is 0 Å². The Labute approximate surface area is 112 Å². The molecule has 4 heteroatoms. The van der Waals surface area contributed by atoms with Crippen LogP contribution in [0.4, 0.5) is 0 Å². The standard InChI is InChI=1S/C7H15NO2.K.H/c1-3-4-5-8-6(2)7(9)10;;/h6,8H,3-5H2,1-2H3,(H,9,10);;/q;+1;-1/t6-;;/m0../s1. The minimum Gasteiger partial charge on any atom is -1.00 e. The van der Waals surface area contributed by atoms with Gasteiger partial charge in [-0.2, -0.15) is 0 Å². The Hall–Kier alpha value is 1.07. The molecule has 0 aliphatic carbocycles. The van der Waals surface area contributed by atoms with E-state index >= 15 is 0 Å².